The van der Waals surface area contributed by atoms with E-state index in [1.165, 1.54) is 25.3 Å². The molecule has 0 saturated carbocycles. The van der Waals surface area contributed by atoms with Gasteiger partial charge in [-0.1, -0.05) is 36.4 Å². The highest BCUT2D eigenvalue weighted by Gasteiger charge is 2.17. The summed E-state index contributed by atoms with van der Waals surface area (Å²) >= 11 is 0. The lowest BCUT2D eigenvalue weighted by Gasteiger charge is -2.17. The van der Waals surface area contributed by atoms with Crippen LogP contribution >= 0.6 is 0 Å². The summed E-state index contributed by atoms with van der Waals surface area (Å²) in [6.07, 6.45) is -0.361. The molecule has 0 fully saturated rings. The minimum absolute atomic E-state index is 0.142. The molecule has 0 aliphatic heterocycles. The molecule has 1 atom stereocenters. The molecule has 0 radical (unpaired) electrons. The molecule has 0 spiro atoms. The zero-order valence-electron chi connectivity index (χ0n) is 13.1. The van der Waals surface area contributed by atoms with Crippen molar-refractivity contribution in [2.75, 3.05) is 13.7 Å². The lowest BCUT2D eigenvalue weighted by atomic mass is 10.1. The maximum Gasteiger partial charge on any atom is 0.215 e. The molecule has 0 saturated heterocycles. The van der Waals surface area contributed by atoms with Crippen molar-refractivity contribution < 1.29 is 17.5 Å². The second-order valence-corrected chi connectivity index (χ2v) is 7.12. The molecule has 0 heterocycles. The summed E-state index contributed by atoms with van der Waals surface area (Å²) in [6, 6.07) is 13.5. The average Bonchev–Trinajstić information content (AvgIpc) is 2.52. The highest BCUT2D eigenvalue weighted by atomic mass is 32.2. The van der Waals surface area contributed by atoms with E-state index in [1.54, 1.807) is 6.92 Å². The Labute approximate surface area is 136 Å². The minimum atomic E-state index is -3.54. The van der Waals surface area contributed by atoms with Gasteiger partial charge in [0.25, 0.3) is 0 Å². The van der Waals surface area contributed by atoms with E-state index in [0.717, 1.165) is 5.56 Å². The van der Waals surface area contributed by atoms with E-state index in [-0.39, 0.29) is 24.2 Å². The number of aryl methyl sites for hydroxylation is 1. The number of hydrogen-bond donors (Lipinski definition) is 1. The Kier molecular flexibility index (Phi) is 5.87. The van der Waals surface area contributed by atoms with Gasteiger partial charge in [0.05, 0.1) is 11.9 Å². The third-order valence-corrected chi connectivity index (χ3v) is 4.89. The zero-order chi connectivity index (χ0) is 16.9. The van der Waals surface area contributed by atoms with Gasteiger partial charge < -0.3 is 4.74 Å². The molecule has 6 heteroatoms. The molecule has 1 N–H and O–H groups in total. The van der Waals surface area contributed by atoms with Crippen molar-refractivity contribution in [1.29, 1.82) is 0 Å². The molecule has 2 aromatic carbocycles. The summed E-state index contributed by atoms with van der Waals surface area (Å²) in [5, 5.41) is 0. The molecular formula is C17H20FNO3S. The summed E-state index contributed by atoms with van der Waals surface area (Å²) in [5.41, 5.74) is 2.09. The number of halogens is 1. The Morgan fingerprint density at radius 3 is 2.48 bits per heavy atom. The Hall–Kier alpha value is -1.76. The highest BCUT2D eigenvalue weighted by Crippen LogP contribution is 2.17. The number of nitrogens with one attached hydrogen (secondary N) is 1. The van der Waals surface area contributed by atoms with Gasteiger partial charge in [0, 0.05) is 13.7 Å². The zero-order valence-corrected chi connectivity index (χ0v) is 13.9. The second kappa shape index (κ2) is 7.68. The molecule has 4 nitrogen and oxygen atoms in total. The number of methoxy groups -OCH3 is 1. The van der Waals surface area contributed by atoms with E-state index < -0.39 is 10.0 Å². The largest absolute Gasteiger partial charge is 0.375 e. The van der Waals surface area contributed by atoms with Crippen molar-refractivity contribution in [3.63, 3.8) is 0 Å². The SMILES string of the molecule is CO[C@@H](CNS(=O)(=O)Cc1ccc(F)cc1C)c1ccccc1. The lowest BCUT2D eigenvalue weighted by Crippen LogP contribution is -2.30. The van der Waals surface area contributed by atoms with Gasteiger partial charge in [0.2, 0.25) is 10.0 Å². The third kappa shape index (κ3) is 5.13. The maximum atomic E-state index is 13.1. The van der Waals surface area contributed by atoms with Gasteiger partial charge in [0.1, 0.15) is 5.82 Å². The number of sulfonamides is 1. The maximum absolute atomic E-state index is 13.1. The van der Waals surface area contributed by atoms with E-state index in [2.05, 4.69) is 4.72 Å². The molecule has 0 aromatic heterocycles. The third-order valence-electron chi connectivity index (χ3n) is 3.59. The molecule has 0 aliphatic rings. The molecule has 23 heavy (non-hydrogen) atoms. The first kappa shape index (κ1) is 17.6. The Morgan fingerprint density at radius 1 is 1.17 bits per heavy atom. The minimum Gasteiger partial charge on any atom is -0.375 e. The molecule has 2 rings (SSSR count). The van der Waals surface area contributed by atoms with Crippen LogP contribution in [0.2, 0.25) is 0 Å². The van der Waals surface area contributed by atoms with Crippen LogP contribution in [0.25, 0.3) is 0 Å². The fraction of sp³-hybridized carbons (Fsp3) is 0.294. The lowest BCUT2D eigenvalue weighted by molar-refractivity contribution is 0.107. The summed E-state index contributed by atoms with van der Waals surface area (Å²) < 4.78 is 45.4. The number of benzene rings is 2. The molecular weight excluding hydrogens is 317 g/mol. The summed E-state index contributed by atoms with van der Waals surface area (Å²) in [7, 11) is -2.00. The first-order valence-corrected chi connectivity index (χ1v) is 8.86. The normalized spacial score (nSPS) is 13.0. The van der Waals surface area contributed by atoms with Gasteiger partial charge in [-0.3, -0.25) is 0 Å². The Balaban J connectivity index is 2.03. The predicted octanol–water partition coefficient (Wildman–Crippen LogP) is 2.94. The average molecular weight is 337 g/mol. The van der Waals surface area contributed by atoms with E-state index in [0.29, 0.717) is 11.1 Å². The monoisotopic (exact) mass is 337 g/mol. The first-order valence-electron chi connectivity index (χ1n) is 7.21. The van der Waals surface area contributed by atoms with Crippen molar-refractivity contribution in [1.82, 2.24) is 4.72 Å². The molecule has 0 unspecified atom stereocenters. The van der Waals surface area contributed by atoms with E-state index >= 15 is 0 Å². The van der Waals surface area contributed by atoms with Gasteiger partial charge in [-0.15, -0.1) is 0 Å². The quantitative estimate of drug-likeness (QED) is 0.845. The predicted molar refractivity (Wildman–Crippen MR) is 88.0 cm³/mol. The fourth-order valence-electron chi connectivity index (χ4n) is 2.28. The molecule has 0 bridgehead atoms. The van der Waals surface area contributed by atoms with Crippen LogP contribution in [0.1, 0.15) is 22.8 Å². The van der Waals surface area contributed by atoms with E-state index in [4.69, 9.17) is 4.74 Å². The standard InChI is InChI=1S/C17H20FNO3S/c1-13-10-16(18)9-8-15(13)12-23(20,21)19-11-17(22-2)14-6-4-3-5-7-14/h3-10,17,19H,11-12H2,1-2H3/t17-/m0/s1. The van der Waals surface area contributed by atoms with Crippen LogP contribution < -0.4 is 4.72 Å². The highest BCUT2D eigenvalue weighted by molar-refractivity contribution is 7.88. The number of rotatable bonds is 7. The van der Waals surface area contributed by atoms with Crippen LogP contribution in [-0.4, -0.2) is 22.1 Å². The fourth-order valence-corrected chi connectivity index (χ4v) is 3.53. The second-order valence-electron chi connectivity index (χ2n) is 5.31. The van der Waals surface area contributed by atoms with Gasteiger partial charge in [-0.2, -0.15) is 0 Å². The topological polar surface area (TPSA) is 55.4 Å². The van der Waals surface area contributed by atoms with Gasteiger partial charge in [0.15, 0.2) is 0 Å². The van der Waals surface area contributed by atoms with Gasteiger partial charge >= 0.3 is 0 Å². The molecule has 124 valence electrons. The van der Waals surface area contributed by atoms with Crippen LogP contribution in [0.15, 0.2) is 48.5 Å². The van der Waals surface area contributed by atoms with Crippen LogP contribution in [0, 0.1) is 12.7 Å². The first-order chi connectivity index (χ1) is 10.9. The smallest absolute Gasteiger partial charge is 0.215 e. The number of ether oxygens (including phenoxy) is 1. The van der Waals surface area contributed by atoms with Crippen molar-refractivity contribution in [2.45, 2.75) is 18.8 Å². The summed E-state index contributed by atoms with van der Waals surface area (Å²) in [6.45, 7) is 1.83. The van der Waals surface area contributed by atoms with Crippen molar-refractivity contribution >= 4 is 10.0 Å². The number of hydrogen-bond acceptors (Lipinski definition) is 3. The molecule has 0 amide bonds. The molecule has 2 aromatic rings. The van der Waals surface area contributed by atoms with Crippen LogP contribution in [0.3, 0.4) is 0 Å². The van der Waals surface area contributed by atoms with Crippen LogP contribution in [-0.2, 0) is 20.5 Å². The summed E-state index contributed by atoms with van der Waals surface area (Å²) in [4.78, 5) is 0. The van der Waals surface area contributed by atoms with Crippen LogP contribution in [0.5, 0.6) is 0 Å². The van der Waals surface area contributed by atoms with E-state index in [9.17, 15) is 12.8 Å². The van der Waals surface area contributed by atoms with Crippen LogP contribution in [0.4, 0.5) is 4.39 Å². The summed E-state index contributed by atoms with van der Waals surface area (Å²) in [5.74, 6) is -0.565. The Bertz CT molecular complexity index is 748. The van der Waals surface area contributed by atoms with Crippen molar-refractivity contribution in [3.8, 4) is 0 Å². The van der Waals surface area contributed by atoms with Crippen molar-refractivity contribution in [2.24, 2.45) is 0 Å². The van der Waals surface area contributed by atoms with Crippen molar-refractivity contribution in [3.05, 3.63) is 71.0 Å². The molecule has 0 aliphatic carbocycles. The van der Waals surface area contributed by atoms with Gasteiger partial charge in [-0.25, -0.2) is 17.5 Å². The van der Waals surface area contributed by atoms with Gasteiger partial charge in [-0.05, 0) is 35.7 Å². The Morgan fingerprint density at radius 2 is 1.87 bits per heavy atom. The van der Waals surface area contributed by atoms with E-state index in [1.807, 2.05) is 30.3 Å².